The van der Waals surface area contributed by atoms with E-state index in [1.807, 2.05) is 19.1 Å². The minimum Gasteiger partial charge on any atom is -0.493 e. The highest BCUT2D eigenvalue weighted by molar-refractivity contribution is 6.16. The van der Waals surface area contributed by atoms with Gasteiger partial charge in [-0.3, -0.25) is 4.99 Å². The molecular weight excluding hydrogens is 530 g/mol. The maximum atomic E-state index is 10.3. The second-order valence-corrected chi connectivity index (χ2v) is 8.99. The first-order chi connectivity index (χ1) is 19.1. The summed E-state index contributed by atoms with van der Waals surface area (Å²) in [4.78, 5) is 33.2. The molecule has 1 aliphatic heterocycles. The molecule has 0 spiro atoms. The van der Waals surface area contributed by atoms with Gasteiger partial charge in [0.1, 0.15) is 0 Å². The number of benzene rings is 1. The summed E-state index contributed by atoms with van der Waals surface area (Å²) in [5.41, 5.74) is 3.45. The van der Waals surface area contributed by atoms with Gasteiger partial charge in [0.2, 0.25) is 5.88 Å². The second kappa shape index (κ2) is 13.4. The molecule has 2 heterocycles. The maximum absolute atomic E-state index is 10.3. The number of nitrogens with zero attached hydrogens (tertiary/aromatic N) is 3. The van der Waals surface area contributed by atoms with Crippen molar-refractivity contribution in [2.45, 2.75) is 56.5 Å². The Bertz CT molecular complexity index is 1230. The number of hydrogen-bond donors (Lipinski definition) is 5. The minimum absolute atomic E-state index is 0.0607. The Balaban J connectivity index is 0.000000378. The number of rotatable bonds is 9. The highest BCUT2D eigenvalue weighted by Crippen LogP contribution is 2.45. The fourth-order valence-electron chi connectivity index (χ4n) is 4.62. The first-order valence-electron chi connectivity index (χ1n) is 12.4. The van der Waals surface area contributed by atoms with Crippen molar-refractivity contribution >= 4 is 17.7 Å². The molecule has 1 aromatic carbocycles. The molecule has 14 nitrogen and oxygen atoms in total. The number of fused-ring (bicyclic) bond motifs is 3. The molecule has 0 unspecified atom stereocenters. The monoisotopic (exact) mass is 563 g/mol. The van der Waals surface area contributed by atoms with Crippen LogP contribution in [0.3, 0.4) is 0 Å². The predicted molar refractivity (Wildman–Crippen MR) is 139 cm³/mol. The molecule has 218 valence electrons. The van der Waals surface area contributed by atoms with Gasteiger partial charge in [0, 0.05) is 17.7 Å². The fraction of sp³-hybridized carbons (Fsp3) is 0.500. The molecular formula is C26H33N3O11. The third-order valence-corrected chi connectivity index (χ3v) is 6.54. The number of aromatic nitrogens is 2. The number of carboxylic acid groups (broad SMARTS) is 2. The van der Waals surface area contributed by atoms with E-state index in [9.17, 15) is 14.7 Å². The Morgan fingerprint density at radius 2 is 1.65 bits per heavy atom. The van der Waals surface area contributed by atoms with Crippen molar-refractivity contribution in [3.05, 3.63) is 35.0 Å². The van der Waals surface area contributed by atoms with Gasteiger partial charge >= 0.3 is 17.9 Å². The van der Waals surface area contributed by atoms with Gasteiger partial charge in [-0.05, 0) is 43.9 Å². The zero-order valence-electron chi connectivity index (χ0n) is 22.5. The van der Waals surface area contributed by atoms with E-state index in [-0.39, 0.29) is 24.1 Å². The molecule has 0 saturated heterocycles. The van der Waals surface area contributed by atoms with Crippen LogP contribution in [0.1, 0.15) is 48.8 Å². The van der Waals surface area contributed by atoms with Crippen LogP contribution >= 0.6 is 0 Å². The number of ether oxygens (including phenoxy) is 4. The molecule has 4 rings (SSSR count). The molecule has 1 aromatic heterocycles. The molecule has 1 saturated carbocycles. The highest BCUT2D eigenvalue weighted by Gasteiger charge is 2.38. The van der Waals surface area contributed by atoms with E-state index in [0.717, 1.165) is 29.7 Å². The van der Waals surface area contributed by atoms with Gasteiger partial charge in [0.05, 0.1) is 51.4 Å². The minimum atomic E-state index is -2.27. The van der Waals surface area contributed by atoms with E-state index in [1.54, 1.807) is 20.4 Å². The Hall–Kier alpha value is -4.01. The summed E-state index contributed by atoms with van der Waals surface area (Å²) in [7, 11) is 4.70. The van der Waals surface area contributed by atoms with E-state index in [2.05, 4.69) is 9.97 Å². The Kier molecular flexibility index (Phi) is 10.2. The van der Waals surface area contributed by atoms with E-state index < -0.39 is 24.1 Å². The number of aliphatic hydroxyl groups is 3. The van der Waals surface area contributed by atoms with Crippen molar-refractivity contribution in [1.82, 2.24) is 9.97 Å². The van der Waals surface area contributed by atoms with Gasteiger partial charge < -0.3 is 44.5 Å². The maximum Gasteiger partial charge on any atom is 0.335 e. The van der Waals surface area contributed by atoms with Crippen LogP contribution in [-0.4, -0.2) is 105 Å². The lowest BCUT2D eigenvalue weighted by Crippen LogP contribution is -2.39. The summed E-state index contributed by atoms with van der Waals surface area (Å²) in [5.74, 6) is -1.70. The molecule has 5 N–H and O–H groups in total. The largest absolute Gasteiger partial charge is 0.493 e. The van der Waals surface area contributed by atoms with Gasteiger partial charge in [-0.25, -0.2) is 14.6 Å². The van der Waals surface area contributed by atoms with Crippen LogP contribution in [0, 0.1) is 0 Å². The lowest BCUT2D eigenvalue weighted by molar-refractivity contribution is -0.165. The molecule has 5 atom stereocenters. The van der Waals surface area contributed by atoms with Crippen LogP contribution in [0.25, 0.3) is 0 Å². The van der Waals surface area contributed by atoms with Crippen LogP contribution in [0.2, 0.25) is 0 Å². The molecule has 40 heavy (non-hydrogen) atoms. The lowest BCUT2D eigenvalue weighted by Gasteiger charge is -2.37. The fourth-order valence-corrected chi connectivity index (χ4v) is 4.62. The van der Waals surface area contributed by atoms with Crippen LogP contribution in [-0.2, 0) is 9.59 Å². The predicted octanol–water partition coefficient (Wildman–Crippen LogP) is 0.627. The zero-order chi connectivity index (χ0) is 29.6. The molecule has 1 aliphatic carbocycles. The number of hydrogen-bond acceptors (Lipinski definition) is 12. The molecule has 2 aromatic rings. The van der Waals surface area contributed by atoms with E-state index in [0.29, 0.717) is 36.0 Å². The lowest BCUT2D eigenvalue weighted by atomic mass is 9.74. The molecule has 14 heteroatoms. The SMILES string of the molecule is CCOc1cc2c(cc1OC)C(c1cnc(OC)nc1OC)=N[C@@H]1CC[C@@H](O)C[C@H]21.O=C(O)[C@@H](O)[C@H](O)C(=O)O. The average molecular weight is 564 g/mol. The van der Waals surface area contributed by atoms with Gasteiger partial charge in [-0.1, -0.05) is 0 Å². The summed E-state index contributed by atoms with van der Waals surface area (Å²) in [6.45, 7) is 2.48. The van der Waals surface area contributed by atoms with Crippen LogP contribution in [0.15, 0.2) is 23.3 Å². The molecule has 1 fully saturated rings. The summed E-state index contributed by atoms with van der Waals surface area (Å²) in [6.07, 6.45) is -0.971. The number of carboxylic acids is 2. The van der Waals surface area contributed by atoms with Gasteiger partial charge in [0.25, 0.3) is 0 Å². The number of aliphatic hydroxyl groups excluding tert-OH is 3. The topological polar surface area (TPSA) is 210 Å². The van der Waals surface area contributed by atoms with Crippen molar-refractivity contribution in [2.24, 2.45) is 4.99 Å². The quantitative estimate of drug-likeness (QED) is 0.284. The number of aliphatic carboxylic acids is 2. The van der Waals surface area contributed by atoms with Crippen molar-refractivity contribution < 1.29 is 54.1 Å². The van der Waals surface area contributed by atoms with Crippen molar-refractivity contribution in [1.29, 1.82) is 0 Å². The standard InChI is InChI=1S/C22H27N3O5.C4H6O6/c1-5-30-19-9-13-14-8-12(26)6-7-17(14)24-20(15(13)10-18(19)27-2)16-11-23-22(29-4)25-21(16)28-3;5-1(3(7)8)2(6)4(9)10/h9-12,14,17,26H,5-8H2,1-4H3;1-2,5-6H,(H,7,8)(H,9,10)/t12-,14-,17-;1-,2-/m10/s1. The van der Waals surface area contributed by atoms with Gasteiger partial charge in [-0.2, -0.15) is 4.98 Å². The average Bonchev–Trinajstić information content (AvgIpc) is 2.95. The van der Waals surface area contributed by atoms with Crippen molar-refractivity contribution in [3.8, 4) is 23.4 Å². The molecule has 0 radical (unpaired) electrons. The molecule has 0 amide bonds. The number of aliphatic imine (C=N–C) groups is 1. The molecule has 2 aliphatic rings. The molecule has 0 bridgehead atoms. The van der Waals surface area contributed by atoms with Crippen LogP contribution in [0.5, 0.6) is 23.4 Å². The van der Waals surface area contributed by atoms with E-state index >= 15 is 0 Å². The summed E-state index contributed by atoms with van der Waals surface area (Å²) >= 11 is 0. The highest BCUT2D eigenvalue weighted by atomic mass is 16.5. The third kappa shape index (κ3) is 6.58. The van der Waals surface area contributed by atoms with Crippen LogP contribution in [0.4, 0.5) is 0 Å². The zero-order valence-corrected chi connectivity index (χ0v) is 22.5. The first-order valence-corrected chi connectivity index (χ1v) is 12.4. The Labute approximate surface area is 229 Å². The van der Waals surface area contributed by atoms with Gasteiger partial charge in [0.15, 0.2) is 23.7 Å². The third-order valence-electron chi connectivity index (χ3n) is 6.54. The summed E-state index contributed by atoms with van der Waals surface area (Å²) in [5, 5.41) is 42.8. The van der Waals surface area contributed by atoms with E-state index in [4.69, 9.17) is 44.4 Å². The second-order valence-electron chi connectivity index (χ2n) is 8.99. The summed E-state index contributed by atoms with van der Waals surface area (Å²) < 4.78 is 22.1. The Morgan fingerprint density at radius 3 is 2.20 bits per heavy atom. The van der Waals surface area contributed by atoms with Gasteiger partial charge in [-0.15, -0.1) is 0 Å². The smallest absolute Gasteiger partial charge is 0.335 e. The van der Waals surface area contributed by atoms with E-state index in [1.165, 1.54) is 7.11 Å². The first kappa shape index (κ1) is 30.5. The normalized spacial score (nSPS) is 20.8. The number of carbonyl (C=O) groups is 2. The van der Waals surface area contributed by atoms with Crippen molar-refractivity contribution in [3.63, 3.8) is 0 Å². The summed E-state index contributed by atoms with van der Waals surface area (Å²) in [6, 6.07) is 4.26. The van der Waals surface area contributed by atoms with Crippen molar-refractivity contribution in [2.75, 3.05) is 27.9 Å². The number of methoxy groups -OCH3 is 3. The Morgan fingerprint density at radius 1 is 0.975 bits per heavy atom. The van der Waals surface area contributed by atoms with Crippen LogP contribution < -0.4 is 18.9 Å².